The van der Waals surface area contributed by atoms with E-state index < -0.39 is 6.10 Å². The highest BCUT2D eigenvalue weighted by atomic mass is 79.9. The Balaban J connectivity index is 2.39. The summed E-state index contributed by atoms with van der Waals surface area (Å²) in [5, 5.41) is 10.9. The van der Waals surface area contributed by atoms with Crippen LogP contribution < -0.4 is 0 Å². The van der Waals surface area contributed by atoms with E-state index in [2.05, 4.69) is 47.8 Å². The summed E-state index contributed by atoms with van der Waals surface area (Å²) in [4.78, 5) is 0.810. The lowest BCUT2D eigenvalue weighted by atomic mass is 10.1. The van der Waals surface area contributed by atoms with Crippen LogP contribution in [0.25, 0.3) is 0 Å². The summed E-state index contributed by atoms with van der Waals surface area (Å²) < 4.78 is 2.66. The van der Waals surface area contributed by atoms with Crippen LogP contribution in [0.1, 0.15) is 16.5 Å². The molecule has 2 rings (SSSR count). The lowest BCUT2D eigenvalue weighted by Crippen LogP contribution is -1.97. The van der Waals surface area contributed by atoms with Gasteiger partial charge >= 0.3 is 0 Å². The van der Waals surface area contributed by atoms with Crippen molar-refractivity contribution in [2.45, 2.75) is 6.10 Å². The van der Waals surface area contributed by atoms with Crippen molar-refractivity contribution in [2.75, 3.05) is 0 Å². The number of thiophene rings is 1. The van der Waals surface area contributed by atoms with E-state index in [1.54, 1.807) is 6.07 Å². The van der Waals surface area contributed by atoms with Gasteiger partial charge in [0, 0.05) is 19.4 Å². The molecule has 0 aliphatic rings. The van der Waals surface area contributed by atoms with E-state index in [9.17, 15) is 5.11 Å². The van der Waals surface area contributed by atoms with Crippen LogP contribution in [0.2, 0.25) is 5.02 Å². The van der Waals surface area contributed by atoms with Gasteiger partial charge in [-0.1, -0.05) is 49.5 Å². The largest absolute Gasteiger partial charge is 0.383 e. The highest BCUT2D eigenvalue weighted by molar-refractivity contribution is 9.11. The van der Waals surface area contributed by atoms with Gasteiger partial charge in [-0.3, -0.25) is 0 Å². The molecule has 0 aliphatic carbocycles. The quantitative estimate of drug-likeness (QED) is 0.602. The van der Waals surface area contributed by atoms with Crippen LogP contribution in [0, 0.1) is 0 Å². The Labute approximate surface area is 133 Å². The van der Waals surface area contributed by atoms with E-state index >= 15 is 0 Å². The predicted octanol–water partition coefficient (Wildman–Crippen LogP) is 5.77. The minimum absolute atomic E-state index is 0.622. The summed E-state index contributed by atoms with van der Waals surface area (Å²) in [7, 11) is 0. The minimum Gasteiger partial charge on any atom is -0.383 e. The van der Waals surface area contributed by atoms with Crippen molar-refractivity contribution in [1.29, 1.82) is 0 Å². The number of halogens is 4. The lowest BCUT2D eigenvalue weighted by molar-refractivity contribution is 0.223. The second-order valence-electron chi connectivity index (χ2n) is 3.34. The summed E-state index contributed by atoms with van der Waals surface area (Å²) in [6, 6.07) is 7.45. The molecule has 1 unspecified atom stereocenters. The van der Waals surface area contributed by atoms with E-state index in [0.29, 0.717) is 5.02 Å². The molecule has 0 bridgehead atoms. The average Bonchev–Trinajstić information content (AvgIpc) is 2.58. The number of hydrogen-bond acceptors (Lipinski definition) is 2. The van der Waals surface area contributed by atoms with Gasteiger partial charge in [-0.05, 0) is 34.1 Å². The van der Waals surface area contributed by atoms with Gasteiger partial charge < -0.3 is 5.11 Å². The zero-order valence-electron chi connectivity index (χ0n) is 8.25. The number of benzene rings is 1. The first-order valence-corrected chi connectivity index (χ1v) is 8.14. The minimum atomic E-state index is -0.675. The molecule has 2 aromatic rings. The zero-order chi connectivity index (χ0) is 12.6. The third kappa shape index (κ3) is 3.14. The maximum atomic E-state index is 10.3. The molecule has 1 heterocycles. The smallest absolute Gasteiger partial charge is 0.114 e. The Morgan fingerprint density at radius 1 is 1.18 bits per heavy atom. The number of rotatable bonds is 2. The molecule has 90 valence electrons. The van der Waals surface area contributed by atoms with Gasteiger partial charge in [0.2, 0.25) is 0 Å². The topological polar surface area (TPSA) is 20.2 Å². The van der Waals surface area contributed by atoms with Crippen LogP contribution >= 0.6 is 70.7 Å². The van der Waals surface area contributed by atoms with E-state index in [1.807, 2.05) is 18.2 Å². The predicted molar refractivity (Wildman–Crippen MR) is 82.9 cm³/mol. The fourth-order valence-electron chi connectivity index (χ4n) is 1.37. The highest BCUT2D eigenvalue weighted by Gasteiger charge is 2.17. The van der Waals surface area contributed by atoms with Crippen molar-refractivity contribution in [3.63, 3.8) is 0 Å². The van der Waals surface area contributed by atoms with Crippen LogP contribution in [0.4, 0.5) is 0 Å². The average molecular weight is 461 g/mol. The normalized spacial score (nSPS) is 12.8. The Morgan fingerprint density at radius 2 is 1.88 bits per heavy atom. The maximum Gasteiger partial charge on any atom is 0.114 e. The van der Waals surface area contributed by atoms with Crippen LogP contribution in [0.3, 0.4) is 0 Å². The summed E-state index contributed by atoms with van der Waals surface area (Å²) in [5.41, 5.74) is 0.818. The number of hydrogen-bond donors (Lipinski definition) is 1. The second-order valence-corrected chi connectivity index (χ2v) is 7.92. The first-order valence-electron chi connectivity index (χ1n) is 4.57. The van der Waals surface area contributed by atoms with Gasteiger partial charge in [0.05, 0.1) is 8.81 Å². The van der Waals surface area contributed by atoms with Crippen LogP contribution in [0.15, 0.2) is 37.0 Å². The molecule has 1 N–H and O–H groups in total. The molecule has 1 nitrogen and oxygen atoms in total. The molecule has 0 fully saturated rings. The molecule has 0 saturated carbocycles. The fourth-order valence-corrected chi connectivity index (χ4v) is 4.39. The third-order valence-electron chi connectivity index (χ3n) is 2.19. The molecule has 1 atom stereocenters. The third-order valence-corrected chi connectivity index (χ3v) is 5.90. The number of aliphatic hydroxyl groups is 1. The van der Waals surface area contributed by atoms with E-state index in [1.165, 1.54) is 11.3 Å². The molecule has 0 saturated heterocycles. The Kier molecular flexibility index (Phi) is 4.72. The van der Waals surface area contributed by atoms with Crippen molar-refractivity contribution in [3.8, 4) is 0 Å². The molecule has 0 amide bonds. The summed E-state index contributed by atoms with van der Waals surface area (Å²) in [6.07, 6.45) is -0.675. The van der Waals surface area contributed by atoms with Crippen LogP contribution in [-0.2, 0) is 0 Å². The lowest BCUT2D eigenvalue weighted by Gasteiger charge is -2.11. The molecule has 1 aromatic carbocycles. The molecule has 0 radical (unpaired) electrons. The van der Waals surface area contributed by atoms with Crippen LogP contribution in [0.5, 0.6) is 0 Å². The van der Waals surface area contributed by atoms with Crippen LogP contribution in [-0.4, -0.2) is 5.11 Å². The van der Waals surface area contributed by atoms with Gasteiger partial charge in [-0.25, -0.2) is 0 Å². The van der Waals surface area contributed by atoms with Gasteiger partial charge in [-0.2, -0.15) is 0 Å². The first-order chi connectivity index (χ1) is 7.99. The summed E-state index contributed by atoms with van der Waals surface area (Å²) >= 11 is 17.6. The maximum absolute atomic E-state index is 10.3. The standard InChI is InChI=1S/C11H6Br3ClOS/c12-5-1-2-6(7(13)3-5)10(16)9-4-8(15)11(14)17-9/h1-4,10,16H. The summed E-state index contributed by atoms with van der Waals surface area (Å²) in [5.74, 6) is 0. The van der Waals surface area contributed by atoms with Crippen molar-refractivity contribution in [3.05, 3.63) is 52.5 Å². The molecule has 17 heavy (non-hydrogen) atoms. The highest BCUT2D eigenvalue weighted by Crippen LogP contribution is 2.39. The SMILES string of the molecule is OC(c1cc(Cl)c(Br)s1)c1ccc(Br)cc1Br. The molecule has 1 aromatic heterocycles. The monoisotopic (exact) mass is 458 g/mol. The van der Waals surface area contributed by atoms with Crippen molar-refractivity contribution < 1.29 is 5.11 Å². The van der Waals surface area contributed by atoms with Gasteiger partial charge in [0.15, 0.2) is 0 Å². The molecular weight excluding hydrogens is 455 g/mol. The Hall–Kier alpha value is 0.610. The Morgan fingerprint density at radius 3 is 2.41 bits per heavy atom. The zero-order valence-corrected chi connectivity index (χ0v) is 14.6. The van der Waals surface area contributed by atoms with Crippen molar-refractivity contribution in [2.24, 2.45) is 0 Å². The van der Waals surface area contributed by atoms with Crippen molar-refractivity contribution in [1.82, 2.24) is 0 Å². The van der Waals surface area contributed by atoms with E-state index in [-0.39, 0.29) is 0 Å². The first kappa shape index (κ1) is 14.0. The molecular formula is C11H6Br3ClOS. The Bertz CT molecular complexity index is 536. The fraction of sp³-hybridized carbons (Fsp3) is 0.0909. The number of aliphatic hydroxyl groups excluding tert-OH is 1. The van der Waals surface area contributed by atoms with E-state index in [4.69, 9.17) is 11.6 Å². The molecule has 0 aliphatic heterocycles. The van der Waals surface area contributed by atoms with Gasteiger partial charge in [0.25, 0.3) is 0 Å². The van der Waals surface area contributed by atoms with Gasteiger partial charge in [0.1, 0.15) is 6.10 Å². The molecule has 6 heteroatoms. The summed E-state index contributed by atoms with van der Waals surface area (Å²) in [6.45, 7) is 0. The molecule has 0 spiro atoms. The second kappa shape index (κ2) is 5.72. The van der Waals surface area contributed by atoms with Gasteiger partial charge in [-0.15, -0.1) is 11.3 Å². The van der Waals surface area contributed by atoms with Crippen molar-refractivity contribution >= 4 is 70.7 Å². The van der Waals surface area contributed by atoms with E-state index in [0.717, 1.165) is 23.2 Å².